The molecule has 1 amide bonds. The van der Waals surface area contributed by atoms with Gasteiger partial charge in [0.05, 0.1) is 11.7 Å². The summed E-state index contributed by atoms with van der Waals surface area (Å²) in [7, 11) is 0. The van der Waals surface area contributed by atoms with Crippen LogP contribution in [0.3, 0.4) is 0 Å². The molecule has 1 aliphatic heterocycles. The van der Waals surface area contributed by atoms with Crippen LogP contribution >= 0.6 is 0 Å². The van der Waals surface area contributed by atoms with Gasteiger partial charge < -0.3 is 10.1 Å². The zero-order valence-corrected chi connectivity index (χ0v) is 15.9. The zero-order valence-electron chi connectivity index (χ0n) is 15.9. The highest BCUT2D eigenvalue weighted by Crippen LogP contribution is 2.57. The number of nitrogens with one attached hydrogen (secondary N) is 1. The number of epoxide rings is 1. The Bertz CT molecular complexity index is 562. The summed E-state index contributed by atoms with van der Waals surface area (Å²) in [5.41, 5.74) is 2.80. The second-order valence-corrected chi connectivity index (χ2v) is 8.87. The Balaban J connectivity index is 1.82. The van der Waals surface area contributed by atoms with E-state index in [-0.39, 0.29) is 11.1 Å². The SMILES string of the molecule is CC(C)=CCC1OC1(C)C1CCC(C)(NC=O)C2CCC(C)=CC21. The molecule has 134 valence electrons. The molecule has 0 aromatic rings. The van der Waals surface area contributed by atoms with Crippen LogP contribution in [0.15, 0.2) is 23.3 Å². The fraction of sp³-hybridized carbons (Fsp3) is 0.762. The van der Waals surface area contributed by atoms with Crippen LogP contribution in [0.25, 0.3) is 0 Å². The van der Waals surface area contributed by atoms with E-state index in [1.807, 2.05) is 0 Å². The van der Waals surface area contributed by atoms with E-state index >= 15 is 0 Å². The van der Waals surface area contributed by atoms with Crippen molar-refractivity contribution in [3.05, 3.63) is 23.3 Å². The van der Waals surface area contributed by atoms with E-state index in [1.54, 1.807) is 0 Å². The Morgan fingerprint density at radius 1 is 1.33 bits per heavy atom. The van der Waals surface area contributed by atoms with Gasteiger partial charge in [0.1, 0.15) is 0 Å². The maximum atomic E-state index is 11.2. The van der Waals surface area contributed by atoms with Crippen molar-refractivity contribution in [2.24, 2.45) is 17.8 Å². The van der Waals surface area contributed by atoms with Crippen LogP contribution in [-0.2, 0) is 9.53 Å². The third-order valence-electron chi connectivity index (χ3n) is 6.89. The van der Waals surface area contributed by atoms with Gasteiger partial charge in [0.25, 0.3) is 0 Å². The summed E-state index contributed by atoms with van der Waals surface area (Å²) in [5, 5.41) is 3.16. The van der Waals surface area contributed by atoms with Gasteiger partial charge in [-0.15, -0.1) is 0 Å². The summed E-state index contributed by atoms with van der Waals surface area (Å²) >= 11 is 0. The molecule has 3 aliphatic rings. The van der Waals surface area contributed by atoms with Gasteiger partial charge in [0.2, 0.25) is 6.41 Å². The van der Waals surface area contributed by atoms with E-state index in [9.17, 15) is 4.79 Å². The van der Waals surface area contributed by atoms with Crippen LogP contribution < -0.4 is 5.32 Å². The quantitative estimate of drug-likeness (QED) is 0.461. The van der Waals surface area contributed by atoms with Crippen molar-refractivity contribution in [3.63, 3.8) is 0 Å². The predicted octanol–water partition coefficient (Wildman–Crippen LogP) is 4.39. The molecule has 1 heterocycles. The second kappa shape index (κ2) is 6.33. The molecule has 2 fully saturated rings. The molecule has 0 radical (unpaired) electrons. The van der Waals surface area contributed by atoms with Gasteiger partial charge in [0, 0.05) is 5.54 Å². The van der Waals surface area contributed by atoms with Gasteiger partial charge in [-0.3, -0.25) is 4.79 Å². The fourth-order valence-corrected chi connectivity index (χ4v) is 5.28. The van der Waals surface area contributed by atoms with Gasteiger partial charge >= 0.3 is 0 Å². The van der Waals surface area contributed by atoms with Crippen LogP contribution in [0, 0.1) is 17.8 Å². The van der Waals surface area contributed by atoms with Crippen molar-refractivity contribution in [2.75, 3.05) is 0 Å². The lowest BCUT2D eigenvalue weighted by Crippen LogP contribution is -2.57. The number of hydrogen-bond acceptors (Lipinski definition) is 2. The van der Waals surface area contributed by atoms with E-state index < -0.39 is 0 Å². The normalized spacial score (nSPS) is 44.1. The Labute approximate surface area is 146 Å². The van der Waals surface area contributed by atoms with Crippen LogP contribution in [0.4, 0.5) is 0 Å². The average Bonchev–Trinajstić information content (AvgIpc) is 3.17. The maximum Gasteiger partial charge on any atom is 0.207 e. The van der Waals surface area contributed by atoms with Gasteiger partial charge in [-0.2, -0.15) is 0 Å². The Morgan fingerprint density at radius 2 is 2.08 bits per heavy atom. The number of hydrogen-bond donors (Lipinski definition) is 1. The van der Waals surface area contributed by atoms with Crippen molar-refractivity contribution in [2.45, 2.75) is 84.0 Å². The average molecular weight is 332 g/mol. The van der Waals surface area contributed by atoms with Crippen LogP contribution in [0.1, 0.15) is 66.7 Å². The molecule has 1 saturated heterocycles. The molecule has 3 heteroatoms. The van der Waals surface area contributed by atoms with E-state index in [0.717, 1.165) is 32.1 Å². The molecule has 3 rings (SSSR count). The highest BCUT2D eigenvalue weighted by Gasteiger charge is 2.62. The van der Waals surface area contributed by atoms with Crippen molar-refractivity contribution < 1.29 is 9.53 Å². The molecular formula is C21H33NO2. The van der Waals surface area contributed by atoms with Gasteiger partial charge in [-0.1, -0.05) is 23.3 Å². The topological polar surface area (TPSA) is 41.6 Å². The number of carbonyl (C=O) groups excluding carboxylic acids is 1. The Hall–Kier alpha value is -1.09. The highest BCUT2D eigenvalue weighted by molar-refractivity contribution is 5.48. The first-order chi connectivity index (χ1) is 11.3. The standard InChI is InChI=1S/C21H33NO2/c1-14(2)6-9-19-21(5,24-19)18-10-11-20(4,22-13-23)17-8-7-15(3)12-16(17)18/h6,12-13,16-19H,7-11H2,1-5H3,(H,22,23). The lowest BCUT2D eigenvalue weighted by atomic mass is 9.56. The van der Waals surface area contributed by atoms with Crippen LogP contribution in [0.5, 0.6) is 0 Å². The lowest BCUT2D eigenvalue weighted by molar-refractivity contribution is -0.113. The minimum absolute atomic E-state index is 0.00545. The number of fused-ring (bicyclic) bond motifs is 1. The molecule has 0 aromatic carbocycles. The summed E-state index contributed by atoms with van der Waals surface area (Å²) in [4.78, 5) is 11.2. The van der Waals surface area contributed by atoms with Crippen molar-refractivity contribution in [1.29, 1.82) is 0 Å². The lowest BCUT2D eigenvalue weighted by Gasteiger charge is -2.51. The van der Waals surface area contributed by atoms with Crippen LogP contribution in [0.2, 0.25) is 0 Å². The number of ether oxygens (including phenoxy) is 1. The third kappa shape index (κ3) is 3.08. The molecule has 1 saturated carbocycles. The summed E-state index contributed by atoms with van der Waals surface area (Å²) in [5.74, 6) is 1.61. The van der Waals surface area contributed by atoms with E-state index in [1.165, 1.54) is 17.6 Å². The molecule has 0 spiro atoms. The first kappa shape index (κ1) is 17.7. The Kier molecular flexibility index (Phi) is 4.67. The van der Waals surface area contributed by atoms with Crippen molar-refractivity contribution in [1.82, 2.24) is 5.32 Å². The third-order valence-corrected chi connectivity index (χ3v) is 6.89. The minimum atomic E-state index is -0.0687. The summed E-state index contributed by atoms with van der Waals surface area (Å²) in [6.07, 6.45) is 11.6. The molecule has 24 heavy (non-hydrogen) atoms. The molecular weight excluding hydrogens is 298 g/mol. The summed E-state index contributed by atoms with van der Waals surface area (Å²) < 4.78 is 6.24. The summed E-state index contributed by atoms with van der Waals surface area (Å²) in [6.45, 7) is 11.1. The highest BCUT2D eigenvalue weighted by atomic mass is 16.6. The van der Waals surface area contributed by atoms with E-state index in [0.29, 0.717) is 23.9 Å². The zero-order chi connectivity index (χ0) is 17.5. The smallest absolute Gasteiger partial charge is 0.207 e. The van der Waals surface area contributed by atoms with E-state index in [4.69, 9.17) is 4.74 Å². The molecule has 0 bridgehead atoms. The molecule has 1 N–H and O–H groups in total. The number of carbonyl (C=O) groups is 1. The fourth-order valence-electron chi connectivity index (χ4n) is 5.28. The monoisotopic (exact) mass is 331 g/mol. The van der Waals surface area contributed by atoms with Gasteiger partial charge in [-0.05, 0) is 84.5 Å². The predicted molar refractivity (Wildman–Crippen MR) is 97.6 cm³/mol. The number of allylic oxidation sites excluding steroid dienone is 3. The molecule has 3 nitrogen and oxygen atoms in total. The number of rotatable bonds is 5. The van der Waals surface area contributed by atoms with Crippen molar-refractivity contribution >= 4 is 6.41 Å². The molecule has 2 aliphatic carbocycles. The van der Waals surface area contributed by atoms with Gasteiger partial charge in [-0.25, -0.2) is 0 Å². The first-order valence-electron chi connectivity index (χ1n) is 9.50. The minimum Gasteiger partial charge on any atom is -0.366 e. The van der Waals surface area contributed by atoms with Gasteiger partial charge in [0.15, 0.2) is 0 Å². The molecule has 6 unspecified atom stereocenters. The largest absolute Gasteiger partial charge is 0.366 e. The molecule has 0 aromatic heterocycles. The Morgan fingerprint density at radius 3 is 2.75 bits per heavy atom. The van der Waals surface area contributed by atoms with Crippen LogP contribution in [-0.4, -0.2) is 23.7 Å². The molecule has 6 atom stereocenters. The first-order valence-corrected chi connectivity index (χ1v) is 9.50. The second-order valence-electron chi connectivity index (χ2n) is 8.87. The van der Waals surface area contributed by atoms with E-state index in [2.05, 4.69) is 52.1 Å². The van der Waals surface area contributed by atoms with Crippen molar-refractivity contribution in [3.8, 4) is 0 Å². The number of amides is 1. The maximum absolute atomic E-state index is 11.2. The summed E-state index contributed by atoms with van der Waals surface area (Å²) in [6, 6.07) is 0.